The minimum atomic E-state index is 0. The lowest BCUT2D eigenvalue weighted by Gasteiger charge is -2.04. The van der Waals surface area contributed by atoms with Crippen LogP contribution in [0, 0.1) is 0 Å². The third-order valence-electron chi connectivity index (χ3n) is 2.12. The second-order valence-corrected chi connectivity index (χ2v) is 4.16. The van der Waals surface area contributed by atoms with E-state index in [0.29, 0.717) is 5.15 Å². The molecule has 2 rings (SSSR count). The highest BCUT2D eigenvalue weighted by Gasteiger charge is 2.21. The quantitative estimate of drug-likeness (QED) is 0.744. The maximum atomic E-state index is 5.84. The fraction of sp³-hybridized carbons (Fsp3) is 0.375. The van der Waals surface area contributed by atoms with Gasteiger partial charge in [-0.15, -0.1) is 12.4 Å². The molecule has 0 spiro atoms. The van der Waals surface area contributed by atoms with Crippen molar-refractivity contribution in [1.82, 2.24) is 4.98 Å². The first-order valence-electron chi connectivity index (χ1n) is 3.79. The molecule has 1 unspecified atom stereocenters. The second-order valence-electron chi connectivity index (χ2n) is 2.95. The van der Waals surface area contributed by atoms with E-state index in [0.717, 1.165) is 23.0 Å². The van der Waals surface area contributed by atoms with E-state index in [1.165, 1.54) is 5.56 Å². The van der Waals surface area contributed by atoms with E-state index in [9.17, 15) is 0 Å². The Bertz CT molecular complexity index is 330. The molecule has 2 N–H and O–H groups in total. The molecule has 0 bridgehead atoms. The fourth-order valence-electron chi connectivity index (χ4n) is 1.49. The first-order chi connectivity index (χ1) is 5.68. The van der Waals surface area contributed by atoms with Crippen LogP contribution in [0.5, 0.6) is 0 Å². The zero-order valence-electron chi connectivity index (χ0n) is 6.76. The highest BCUT2D eigenvalue weighted by Crippen LogP contribution is 2.32. The smallest absolute Gasteiger partial charge is 0.143 e. The van der Waals surface area contributed by atoms with Gasteiger partial charge in [0.25, 0.3) is 0 Å². The maximum absolute atomic E-state index is 5.84. The molecule has 1 aliphatic rings. The Morgan fingerprint density at radius 3 is 3.00 bits per heavy atom. The van der Waals surface area contributed by atoms with Crippen LogP contribution in [0.25, 0.3) is 0 Å². The molecular weight excluding hydrogens is 275 g/mol. The topological polar surface area (TPSA) is 38.9 Å². The molecule has 72 valence electrons. The molecule has 1 atom stereocenters. The van der Waals surface area contributed by atoms with Crippen LogP contribution < -0.4 is 5.73 Å². The van der Waals surface area contributed by atoms with E-state index in [-0.39, 0.29) is 18.4 Å². The van der Waals surface area contributed by atoms with Crippen molar-refractivity contribution in [1.29, 1.82) is 0 Å². The van der Waals surface area contributed by atoms with Gasteiger partial charge in [-0.05, 0) is 40.4 Å². The number of rotatable bonds is 0. The van der Waals surface area contributed by atoms with Crippen molar-refractivity contribution >= 4 is 39.9 Å². The van der Waals surface area contributed by atoms with Crippen molar-refractivity contribution in [2.75, 3.05) is 0 Å². The largest absolute Gasteiger partial charge is 0.323 e. The van der Waals surface area contributed by atoms with Gasteiger partial charge in [-0.25, -0.2) is 4.98 Å². The lowest BCUT2D eigenvalue weighted by Crippen LogP contribution is -2.07. The zero-order chi connectivity index (χ0) is 8.72. The van der Waals surface area contributed by atoms with Crippen LogP contribution in [-0.2, 0) is 6.42 Å². The standard InChI is InChI=1S/C8H8BrClN2.ClH/c9-5-3-4-1-2-6(11)7(4)12-8(5)10;/h3,6H,1-2,11H2;1H. The Balaban J connectivity index is 0.000000845. The number of halogens is 3. The van der Waals surface area contributed by atoms with Crippen LogP contribution in [-0.4, -0.2) is 4.98 Å². The van der Waals surface area contributed by atoms with Crippen molar-refractivity contribution in [2.24, 2.45) is 5.73 Å². The van der Waals surface area contributed by atoms with Gasteiger partial charge >= 0.3 is 0 Å². The van der Waals surface area contributed by atoms with E-state index in [1.54, 1.807) is 0 Å². The number of fused-ring (bicyclic) bond motifs is 1. The van der Waals surface area contributed by atoms with Crippen LogP contribution in [0.15, 0.2) is 10.5 Å². The van der Waals surface area contributed by atoms with Gasteiger partial charge in [0.1, 0.15) is 5.15 Å². The second kappa shape index (κ2) is 4.13. The summed E-state index contributed by atoms with van der Waals surface area (Å²) in [7, 11) is 0. The molecule has 1 aliphatic carbocycles. The van der Waals surface area contributed by atoms with Crippen molar-refractivity contribution in [2.45, 2.75) is 18.9 Å². The minimum Gasteiger partial charge on any atom is -0.323 e. The van der Waals surface area contributed by atoms with Crippen molar-refractivity contribution in [3.63, 3.8) is 0 Å². The summed E-state index contributed by atoms with van der Waals surface area (Å²) in [4.78, 5) is 4.23. The molecule has 0 aromatic carbocycles. The Morgan fingerprint density at radius 1 is 1.62 bits per heavy atom. The zero-order valence-corrected chi connectivity index (χ0v) is 9.92. The molecule has 5 heteroatoms. The molecule has 0 saturated carbocycles. The van der Waals surface area contributed by atoms with Gasteiger partial charge in [0.15, 0.2) is 0 Å². The first-order valence-corrected chi connectivity index (χ1v) is 4.96. The van der Waals surface area contributed by atoms with Gasteiger partial charge in [0, 0.05) is 6.04 Å². The van der Waals surface area contributed by atoms with Gasteiger partial charge in [-0.2, -0.15) is 0 Å². The predicted molar refractivity (Wildman–Crippen MR) is 59.4 cm³/mol. The van der Waals surface area contributed by atoms with E-state index in [1.807, 2.05) is 6.07 Å². The summed E-state index contributed by atoms with van der Waals surface area (Å²) in [6.07, 6.45) is 1.99. The summed E-state index contributed by atoms with van der Waals surface area (Å²) in [6, 6.07) is 2.09. The predicted octanol–water partition coefficient (Wildman–Crippen LogP) is 2.87. The number of nitrogens with two attached hydrogens (primary N) is 1. The van der Waals surface area contributed by atoms with Crippen molar-refractivity contribution in [3.05, 3.63) is 26.9 Å². The number of pyridine rings is 1. The Kier molecular flexibility index (Phi) is 3.57. The van der Waals surface area contributed by atoms with Gasteiger partial charge in [0.2, 0.25) is 0 Å². The van der Waals surface area contributed by atoms with Crippen molar-refractivity contribution in [3.8, 4) is 0 Å². The molecule has 0 amide bonds. The van der Waals surface area contributed by atoms with Gasteiger partial charge in [-0.3, -0.25) is 0 Å². The third kappa shape index (κ3) is 1.99. The molecule has 13 heavy (non-hydrogen) atoms. The fourth-order valence-corrected chi connectivity index (χ4v) is 2.00. The number of aromatic nitrogens is 1. The first kappa shape index (κ1) is 11.2. The Labute approximate surface area is 96.4 Å². The average molecular weight is 284 g/mol. The van der Waals surface area contributed by atoms with E-state index in [2.05, 4.69) is 20.9 Å². The highest BCUT2D eigenvalue weighted by molar-refractivity contribution is 9.10. The minimum absolute atomic E-state index is 0. The van der Waals surface area contributed by atoms with Crippen LogP contribution in [0.1, 0.15) is 23.7 Å². The molecule has 1 heterocycles. The van der Waals surface area contributed by atoms with Gasteiger partial charge in [-0.1, -0.05) is 11.6 Å². The molecule has 0 aliphatic heterocycles. The van der Waals surface area contributed by atoms with Gasteiger partial charge < -0.3 is 5.73 Å². The summed E-state index contributed by atoms with van der Waals surface area (Å²) in [6.45, 7) is 0. The van der Waals surface area contributed by atoms with Gasteiger partial charge in [0.05, 0.1) is 10.2 Å². The van der Waals surface area contributed by atoms with E-state index < -0.39 is 0 Å². The summed E-state index contributed by atoms with van der Waals surface area (Å²) < 4.78 is 0.858. The molecule has 0 fully saturated rings. The molecule has 0 radical (unpaired) electrons. The Morgan fingerprint density at radius 2 is 2.31 bits per heavy atom. The Hall–Kier alpha value is 0.170. The number of nitrogens with zero attached hydrogens (tertiary/aromatic N) is 1. The van der Waals surface area contributed by atoms with Crippen LogP contribution >= 0.6 is 39.9 Å². The lowest BCUT2D eigenvalue weighted by molar-refractivity contribution is 0.698. The number of hydrogen-bond donors (Lipinski definition) is 1. The number of hydrogen-bond acceptors (Lipinski definition) is 2. The molecule has 1 aromatic heterocycles. The maximum Gasteiger partial charge on any atom is 0.143 e. The normalized spacial score (nSPS) is 19.5. The van der Waals surface area contributed by atoms with Crippen LogP contribution in [0.2, 0.25) is 5.15 Å². The monoisotopic (exact) mass is 282 g/mol. The summed E-state index contributed by atoms with van der Waals surface area (Å²) in [5.41, 5.74) is 8.01. The molecular formula is C8H9BrCl2N2. The third-order valence-corrected chi connectivity index (χ3v) is 3.24. The molecule has 2 nitrogen and oxygen atoms in total. The summed E-state index contributed by atoms with van der Waals surface area (Å²) in [5.74, 6) is 0. The summed E-state index contributed by atoms with van der Waals surface area (Å²) >= 11 is 9.18. The van der Waals surface area contributed by atoms with E-state index >= 15 is 0 Å². The average Bonchev–Trinajstić information content (AvgIpc) is 2.35. The highest BCUT2D eigenvalue weighted by atomic mass is 79.9. The van der Waals surface area contributed by atoms with Crippen molar-refractivity contribution < 1.29 is 0 Å². The lowest BCUT2D eigenvalue weighted by atomic mass is 10.2. The number of aryl methyl sites for hydroxylation is 1. The summed E-state index contributed by atoms with van der Waals surface area (Å²) in [5, 5.41) is 0.506. The molecule has 1 aromatic rings. The van der Waals surface area contributed by atoms with Crippen LogP contribution in [0.3, 0.4) is 0 Å². The van der Waals surface area contributed by atoms with E-state index in [4.69, 9.17) is 17.3 Å². The molecule has 0 saturated heterocycles. The SMILES string of the molecule is Cl.NC1CCc2cc(Br)c(Cl)nc21. The van der Waals surface area contributed by atoms with Crippen LogP contribution in [0.4, 0.5) is 0 Å².